The lowest BCUT2D eigenvalue weighted by Gasteiger charge is -2.21. The van der Waals surface area contributed by atoms with E-state index < -0.39 is 97.5 Å². The Morgan fingerprint density at radius 3 is 0.880 bits per heavy atom. The van der Waals surface area contributed by atoms with E-state index in [1.165, 1.54) is 122 Å². The van der Waals surface area contributed by atoms with Gasteiger partial charge >= 0.3 is 39.5 Å². The standard InChI is InChI=1S/C81H142O17P2/c1-5-9-13-17-21-25-29-33-36-37-40-43-46-50-54-58-62-66-79(84)92-71-76(97-80(85)67-63-59-55-51-47-41-32-28-24-20-16-12-8-4)73-95-99(87,88)93-69-75(82)70-94-100(89,90)96-74-77(98-81(86)68-64-60-56-52-48-44-39-35-31-27-23-19-15-11-7-3)72-91-78(83)65-61-57-53-49-45-42-38-34-30-26-22-18-14-10-6-2/h21,25-27,30-31,33-36,38-40,43,50,54,75-77,82H,5-20,22-24,28-29,32,37,41-42,44-49,51-53,55-74H2,1-4H3,(H,87,88)(H,89,90)/b25-21-,30-26-,31-27-,36-33-,38-34-,39-35-,43-40-,54-50-/t75-,76-,77-/m1/s1. The molecule has 0 aromatic heterocycles. The number of carbonyl (C=O) groups is 4. The summed E-state index contributed by atoms with van der Waals surface area (Å²) in [5.41, 5.74) is 0. The van der Waals surface area contributed by atoms with Crippen LogP contribution in [0.5, 0.6) is 0 Å². The van der Waals surface area contributed by atoms with Crippen LogP contribution in [0.4, 0.5) is 0 Å². The van der Waals surface area contributed by atoms with Crippen LogP contribution in [0.2, 0.25) is 0 Å². The Morgan fingerprint density at radius 1 is 0.290 bits per heavy atom. The summed E-state index contributed by atoms with van der Waals surface area (Å²) in [6, 6.07) is 0. The van der Waals surface area contributed by atoms with Crippen molar-refractivity contribution in [2.45, 2.75) is 354 Å². The SMILES string of the molecule is CCCCC/C=C\C/C=C\C/C=C\C/C=C\CCCC(=O)OC[C@H](COP(=O)(O)OC[C@@H](O)COP(=O)(O)OC[C@@H](COC(=O)CCCCCCC/C=C\C=C/CCCCCC)OC(=O)CCCCCCC/C=C\C=C/CCCCCC)OC(=O)CCCCCCCCCCCCCCC. The molecule has 0 radical (unpaired) electrons. The van der Waals surface area contributed by atoms with Gasteiger partial charge in [0, 0.05) is 25.7 Å². The van der Waals surface area contributed by atoms with Gasteiger partial charge in [-0.3, -0.25) is 37.3 Å². The van der Waals surface area contributed by atoms with E-state index in [2.05, 4.69) is 113 Å². The van der Waals surface area contributed by atoms with Crippen molar-refractivity contribution in [2.24, 2.45) is 0 Å². The minimum atomic E-state index is -4.99. The summed E-state index contributed by atoms with van der Waals surface area (Å²) in [5.74, 6) is -2.26. The van der Waals surface area contributed by atoms with Gasteiger partial charge in [-0.25, -0.2) is 9.13 Å². The minimum Gasteiger partial charge on any atom is -0.462 e. The molecule has 578 valence electrons. The highest BCUT2D eigenvalue weighted by atomic mass is 31.2. The van der Waals surface area contributed by atoms with Crippen LogP contribution >= 0.6 is 15.6 Å². The van der Waals surface area contributed by atoms with Crippen LogP contribution in [0.3, 0.4) is 0 Å². The van der Waals surface area contributed by atoms with Crippen LogP contribution in [0.25, 0.3) is 0 Å². The number of phosphoric acid groups is 2. The zero-order valence-electron chi connectivity index (χ0n) is 63.1. The van der Waals surface area contributed by atoms with Gasteiger partial charge in [0.1, 0.15) is 19.3 Å². The van der Waals surface area contributed by atoms with Gasteiger partial charge in [-0.15, -0.1) is 0 Å². The summed E-state index contributed by atoms with van der Waals surface area (Å²) in [6.07, 6.45) is 76.8. The van der Waals surface area contributed by atoms with Crippen molar-refractivity contribution in [3.8, 4) is 0 Å². The third kappa shape index (κ3) is 72.3. The Bertz CT molecular complexity index is 2270. The molecule has 0 fully saturated rings. The third-order valence-corrected chi connectivity index (χ3v) is 18.5. The van der Waals surface area contributed by atoms with E-state index in [-0.39, 0.29) is 25.7 Å². The van der Waals surface area contributed by atoms with Crippen molar-refractivity contribution in [2.75, 3.05) is 39.6 Å². The maximum absolute atomic E-state index is 13.1. The number of phosphoric ester groups is 2. The van der Waals surface area contributed by atoms with Gasteiger partial charge in [0.2, 0.25) is 0 Å². The Hall–Kier alpha value is -4.02. The van der Waals surface area contributed by atoms with Gasteiger partial charge in [0.25, 0.3) is 0 Å². The predicted octanol–water partition coefficient (Wildman–Crippen LogP) is 22.8. The van der Waals surface area contributed by atoms with Crippen molar-refractivity contribution in [3.05, 3.63) is 97.2 Å². The number of rotatable bonds is 74. The van der Waals surface area contributed by atoms with Crippen LogP contribution in [0.1, 0.15) is 336 Å². The maximum Gasteiger partial charge on any atom is 0.472 e. The second-order valence-corrected chi connectivity index (χ2v) is 29.3. The smallest absolute Gasteiger partial charge is 0.462 e. The third-order valence-electron chi connectivity index (χ3n) is 16.6. The number of aliphatic hydroxyl groups excluding tert-OH is 1. The molecule has 0 saturated carbocycles. The monoisotopic (exact) mass is 1450 g/mol. The van der Waals surface area contributed by atoms with Gasteiger partial charge in [-0.05, 0) is 116 Å². The van der Waals surface area contributed by atoms with Crippen LogP contribution < -0.4 is 0 Å². The molecule has 0 aromatic carbocycles. The molecule has 0 aliphatic carbocycles. The first-order valence-corrected chi connectivity index (χ1v) is 42.5. The molecule has 2 unspecified atom stereocenters. The van der Waals surface area contributed by atoms with E-state index >= 15 is 0 Å². The van der Waals surface area contributed by atoms with Crippen molar-refractivity contribution >= 4 is 39.5 Å². The fraction of sp³-hybridized carbons (Fsp3) is 0.753. The number of esters is 4. The molecule has 100 heavy (non-hydrogen) atoms. The summed E-state index contributed by atoms with van der Waals surface area (Å²) in [7, 11) is -9.97. The van der Waals surface area contributed by atoms with Crippen molar-refractivity contribution in [1.29, 1.82) is 0 Å². The molecular formula is C81H142O17P2. The maximum atomic E-state index is 13.1. The van der Waals surface area contributed by atoms with E-state index in [1.54, 1.807) is 0 Å². The van der Waals surface area contributed by atoms with Gasteiger partial charge in [-0.1, -0.05) is 292 Å². The number of carbonyl (C=O) groups excluding carboxylic acids is 4. The van der Waals surface area contributed by atoms with Crippen molar-refractivity contribution < 1.29 is 80.2 Å². The summed E-state index contributed by atoms with van der Waals surface area (Å²) >= 11 is 0. The summed E-state index contributed by atoms with van der Waals surface area (Å²) in [5, 5.41) is 10.6. The number of aliphatic hydroxyl groups is 1. The topological polar surface area (TPSA) is 237 Å². The number of hydrogen-bond acceptors (Lipinski definition) is 15. The Labute approximate surface area is 607 Å². The molecule has 0 aliphatic heterocycles. The van der Waals surface area contributed by atoms with Crippen LogP contribution in [0, 0.1) is 0 Å². The Balaban J connectivity index is 5.41. The highest BCUT2D eigenvalue weighted by Crippen LogP contribution is 2.45. The van der Waals surface area contributed by atoms with Gasteiger partial charge < -0.3 is 33.8 Å². The Kier molecular flexibility index (Phi) is 70.4. The van der Waals surface area contributed by atoms with E-state index in [0.717, 1.165) is 128 Å². The minimum absolute atomic E-state index is 0.0734. The normalized spacial score (nSPS) is 14.4. The molecule has 0 saturated heterocycles. The van der Waals surface area contributed by atoms with Crippen LogP contribution in [-0.4, -0.2) is 96.7 Å². The quantitative estimate of drug-likeness (QED) is 0.0128. The van der Waals surface area contributed by atoms with E-state index in [9.17, 15) is 43.2 Å². The van der Waals surface area contributed by atoms with Crippen molar-refractivity contribution in [1.82, 2.24) is 0 Å². The Morgan fingerprint density at radius 2 is 0.530 bits per heavy atom. The highest BCUT2D eigenvalue weighted by Gasteiger charge is 2.30. The fourth-order valence-electron chi connectivity index (χ4n) is 10.5. The molecule has 19 heteroatoms. The molecule has 0 aromatic rings. The number of unbranched alkanes of at least 4 members (excludes halogenated alkanes) is 34. The zero-order chi connectivity index (χ0) is 73.2. The lowest BCUT2D eigenvalue weighted by atomic mass is 10.0. The van der Waals surface area contributed by atoms with E-state index in [4.69, 9.17) is 37.0 Å². The average Bonchev–Trinajstić information content (AvgIpc) is 0.965. The second-order valence-electron chi connectivity index (χ2n) is 26.4. The van der Waals surface area contributed by atoms with E-state index in [1.807, 2.05) is 12.2 Å². The molecular weight excluding hydrogens is 1310 g/mol. The molecule has 0 spiro atoms. The number of allylic oxidation sites excluding steroid dienone is 16. The average molecular weight is 1450 g/mol. The molecule has 5 atom stereocenters. The van der Waals surface area contributed by atoms with Crippen molar-refractivity contribution in [3.63, 3.8) is 0 Å². The van der Waals surface area contributed by atoms with Gasteiger partial charge in [0.15, 0.2) is 12.2 Å². The second kappa shape index (κ2) is 73.3. The summed E-state index contributed by atoms with van der Waals surface area (Å²) in [6.45, 7) is 4.74. The molecule has 0 heterocycles. The zero-order valence-corrected chi connectivity index (χ0v) is 64.9. The molecule has 17 nitrogen and oxygen atoms in total. The first kappa shape index (κ1) is 96.0. The largest absolute Gasteiger partial charge is 0.472 e. The fourth-order valence-corrected chi connectivity index (χ4v) is 12.1. The van der Waals surface area contributed by atoms with Gasteiger partial charge in [0.05, 0.1) is 26.4 Å². The summed E-state index contributed by atoms with van der Waals surface area (Å²) in [4.78, 5) is 72.9. The first-order valence-electron chi connectivity index (χ1n) is 39.5. The molecule has 0 amide bonds. The molecule has 0 aliphatic rings. The summed E-state index contributed by atoms with van der Waals surface area (Å²) < 4.78 is 68.5. The lowest BCUT2D eigenvalue weighted by Crippen LogP contribution is -2.30. The lowest BCUT2D eigenvalue weighted by molar-refractivity contribution is -0.161. The van der Waals surface area contributed by atoms with Gasteiger partial charge in [-0.2, -0.15) is 0 Å². The molecule has 3 N–H and O–H groups in total. The van der Waals surface area contributed by atoms with E-state index in [0.29, 0.717) is 32.1 Å². The molecule has 0 rings (SSSR count). The van der Waals surface area contributed by atoms with Crippen LogP contribution in [-0.2, 0) is 65.4 Å². The first-order chi connectivity index (χ1) is 48.7. The number of ether oxygens (including phenoxy) is 4. The van der Waals surface area contributed by atoms with Crippen LogP contribution in [0.15, 0.2) is 97.2 Å². The predicted molar refractivity (Wildman–Crippen MR) is 409 cm³/mol. The molecule has 0 bridgehead atoms. The highest BCUT2D eigenvalue weighted by molar-refractivity contribution is 7.47. The number of hydrogen-bond donors (Lipinski definition) is 3.